The van der Waals surface area contributed by atoms with E-state index in [0.717, 1.165) is 30.6 Å². The fourth-order valence-electron chi connectivity index (χ4n) is 4.12. The van der Waals surface area contributed by atoms with Crippen LogP contribution in [0.25, 0.3) is 0 Å². The maximum Gasteiger partial charge on any atom is 0.227 e. The number of nitrogens with zero attached hydrogens (tertiary/aromatic N) is 1. The molecule has 1 unspecified atom stereocenters. The Morgan fingerprint density at radius 2 is 1.96 bits per heavy atom. The number of carbonyl (C=O) groups is 1. The van der Waals surface area contributed by atoms with Crippen LogP contribution in [0.5, 0.6) is 0 Å². The van der Waals surface area contributed by atoms with Crippen LogP contribution in [0.15, 0.2) is 48.5 Å². The van der Waals surface area contributed by atoms with E-state index >= 15 is 0 Å². The fraction of sp³-hybridized carbons (Fsp3) is 0.435. The Kier molecular flexibility index (Phi) is 5.85. The van der Waals surface area contributed by atoms with Crippen molar-refractivity contribution in [3.63, 3.8) is 0 Å². The molecular weight excluding hydrogens is 336 g/mol. The van der Waals surface area contributed by atoms with Crippen LogP contribution >= 0.6 is 0 Å². The van der Waals surface area contributed by atoms with Gasteiger partial charge in [-0.1, -0.05) is 36.4 Å². The molecule has 2 aliphatic heterocycles. The van der Waals surface area contributed by atoms with E-state index in [9.17, 15) is 4.79 Å². The quantitative estimate of drug-likeness (QED) is 0.843. The van der Waals surface area contributed by atoms with Crippen molar-refractivity contribution in [3.8, 4) is 0 Å². The van der Waals surface area contributed by atoms with Crippen LogP contribution in [0.4, 0.5) is 5.69 Å². The average Bonchev–Trinajstić information content (AvgIpc) is 3.21. The Hall–Kier alpha value is -2.17. The summed E-state index contributed by atoms with van der Waals surface area (Å²) in [7, 11) is 0. The van der Waals surface area contributed by atoms with Crippen LogP contribution in [0.1, 0.15) is 42.1 Å². The van der Waals surface area contributed by atoms with Crippen molar-refractivity contribution in [2.24, 2.45) is 0 Å². The minimum atomic E-state index is -0.145. The fourth-order valence-corrected chi connectivity index (χ4v) is 4.12. The zero-order chi connectivity index (χ0) is 18.5. The number of amides is 1. The summed E-state index contributed by atoms with van der Waals surface area (Å²) in [5, 5.41) is 3.06. The highest BCUT2D eigenvalue weighted by Crippen LogP contribution is 2.29. The maximum absolute atomic E-state index is 12.6. The Bertz CT molecular complexity index is 783. The Balaban J connectivity index is 1.34. The van der Waals surface area contributed by atoms with Crippen molar-refractivity contribution in [1.82, 2.24) is 4.90 Å². The normalized spacial score (nSPS) is 19.6. The number of anilines is 1. The standard InChI is InChI=1S/C23H28N2O2/c26-23(17-22-21-9-2-1-7-19(21)11-15-27-22)24-20-8-5-6-18(16-20)10-14-25-12-3-4-13-25/h1-2,5-9,16,22H,3-4,10-15,17H2,(H,24,26). The Labute approximate surface area is 161 Å². The van der Waals surface area contributed by atoms with E-state index in [1.807, 2.05) is 18.2 Å². The molecule has 1 fully saturated rings. The van der Waals surface area contributed by atoms with Crippen LogP contribution in [0.3, 0.4) is 0 Å². The minimum absolute atomic E-state index is 0.00777. The third kappa shape index (κ3) is 4.76. The average molecular weight is 364 g/mol. The minimum Gasteiger partial charge on any atom is -0.373 e. The van der Waals surface area contributed by atoms with E-state index in [1.54, 1.807) is 0 Å². The number of hydrogen-bond acceptors (Lipinski definition) is 3. The van der Waals surface area contributed by atoms with Gasteiger partial charge in [-0.25, -0.2) is 0 Å². The van der Waals surface area contributed by atoms with Crippen LogP contribution < -0.4 is 5.32 Å². The summed E-state index contributed by atoms with van der Waals surface area (Å²) in [6.45, 7) is 4.23. The van der Waals surface area contributed by atoms with E-state index in [2.05, 4.69) is 40.5 Å². The first kappa shape index (κ1) is 18.2. The van der Waals surface area contributed by atoms with Gasteiger partial charge in [0.1, 0.15) is 0 Å². The van der Waals surface area contributed by atoms with Gasteiger partial charge < -0.3 is 15.0 Å². The lowest BCUT2D eigenvalue weighted by Gasteiger charge is -2.25. The summed E-state index contributed by atoms with van der Waals surface area (Å²) in [5.41, 5.74) is 4.60. The van der Waals surface area contributed by atoms with Crippen molar-refractivity contribution < 1.29 is 9.53 Å². The summed E-state index contributed by atoms with van der Waals surface area (Å²) in [5.74, 6) is 0.00777. The van der Waals surface area contributed by atoms with Gasteiger partial charge in [0.15, 0.2) is 0 Å². The lowest BCUT2D eigenvalue weighted by molar-refractivity contribution is -0.119. The number of ether oxygens (including phenoxy) is 1. The molecule has 0 saturated carbocycles. The lowest BCUT2D eigenvalue weighted by Crippen LogP contribution is -2.22. The Morgan fingerprint density at radius 1 is 1.11 bits per heavy atom. The molecule has 4 nitrogen and oxygen atoms in total. The summed E-state index contributed by atoms with van der Waals surface area (Å²) in [6, 6.07) is 16.5. The Morgan fingerprint density at radius 3 is 2.85 bits per heavy atom. The molecule has 0 spiro atoms. The van der Waals surface area contributed by atoms with E-state index in [0.29, 0.717) is 13.0 Å². The van der Waals surface area contributed by atoms with Crippen LogP contribution in [-0.2, 0) is 22.4 Å². The molecule has 2 aromatic carbocycles. The molecule has 1 atom stereocenters. The van der Waals surface area contributed by atoms with Gasteiger partial charge >= 0.3 is 0 Å². The van der Waals surface area contributed by atoms with Crippen molar-refractivity contribution >= 4 is 11.6 Å². The van der Waals surface area contributed by atoms with E-state index in [-0.39, 0.29) is 12.0 Å². The van der Waals surface area contributed by atoms with Crippen LogP contribution in [0, 0.1) is 0 Å². The molecule has 0 radical (unpaired) electrons. The van der Waals surface area contributed by atoms with Gasteiger partial charge in [0.2, 0.25) is 5.91 Å². The molecule has 4 rings (SSSR count). The summed E-state index contributed by atoms with van der Waals surface area (Å²) in [6.07, 6.45) is 4.81. The highest BCUT2D eigenvalue weighted by atomic mass is 16.5. The highest BCUT2D eigenvalue weighted by molar-refractivity contribution is 5.91. The third-order valence-electron chi connectivity index (χ3n) is 5.59. The number of likely N-dealkylation sites (tertiary alicyclic amines) is 1. The van der Waals surface area contributed by atoms with Gasteiger partial charge in [0.05, 0.1) is 19.1 Å². The number of rotatable bonds is 6. The lowest BCUT2D eigenvalue weighted by atomic mass is 9.95. The second-order valence-electron chi connectivity index (χ2n) is 7.56. The number of fused-ring (bicyclic) bond motifs is 1. The second-order valence-corrected chi connectivity index (χ2v) is 7.56. The first-order chi connectivity index (χ1) is 13.3. The van der Waals surface area contributed by atoms with Crippen LogP contribution in [-0.4, -0.2) is 37.0 Å². The van der Waals surface area contributed by atoms with Crippen molar-refractivity contribution in [1.29, 1.82) is 0 Å². The summed E-state index contributed by atoms with van der Waals surface area (Å²) < 4.78 is 5.87. The molecule has 27 heavy (non-hydrogen) atoms. The first-order valence-electron chi connectivity index (χ1n) is 10.1. The van der Waals surface area contributed by atoms with Gasteiger partial charge in [-0.3, -0.25) is 4.79 Å². The molecule has 2 aromatic rings. The van der Waals surface area contributed by atoms with Gasteiger partial charge in [-0.2, -0.15) is 0 Å². The van der Waals surface area contributed by atoms with Gasteiger partial charge in [-0.05, 0) is 67.6 Å². The zero-order valence-electron chi connectivity index (χ0n) is 15.8. The number of nitrogens with one attached hydrogen (secondary N) is 1. The third-order valence-corrected chi connectivity index (χ3v) is 5.59. The predicted molar refractivity (Wildman–Crippen MR) is 108 cm³/mol. The van der Waals surface area contributed by atoms with Crippen molar-refractivity contribution in [3.05, 3.63) is 65.2 Å². The molecule has 4 heteroatoms. The molecule has 0 aromatic heterocycles. The first-order valence-corrected chi connectivity index (χ1v) is 10.1. The van der Waals surface area contributed by atoms with E-state index < -0.39 is 0 Å². The second kappa shape index (κ2) is 8.68. The maximum atomic E-state index is 12.6. The summed E-state index contributed by atoms with van der Waals surface area (Å²) in [4.78, 5) is 15.1. The molecule has 0 bridgehead atoms. The SMILES string of the molecule is O=C(CC1OCCc2ccccc21)Nc1cccc(CCN2CCCC2)c1. The smallest absolute Gasteiger partial charge is 0.227 e. The topological polar surface area (TPSA) is 41.6 Å². The summed E-state index contributed by atoms with van der Waals surface area (Å²) >= 11 is 0. The molecule has 1 N–H and O–H groups in total. The largest absolute Gasteiger partial charge is 0.373 e. The molecule has 2 heterocycles. The van der Waals surface area contributed by atoms with Crippen molar-refractivity contribution in [2.75, 3.05) is 31.6 Å². The highest BCUT2D eigenvalue weighted by Gasteiger charge is 2.23. The molecule has 1 saturated heterocycles. The predicted octanol–water partition coefficient (Wildman–Crippen LogP) is 3.97. The molecule has 0 aliphatic carbocycles. The van der Waals surface area contributed by atoms with Gasteiger partial charge in [0.25, 0.3) is 0 Å². The van der Waals surface area contributed by atoms with E-state index in [1.165, 1.54) is 37.1 Å². The molecule has 2 aliphatic rings. The molecule has 1 amide bonds. The number of benzene rings is 2. The number of carbonyl (C=O) groups excluding carboxylic acids is 1. The van der Waals surface area contributed by atoms with Crippen molar-refractivity contribution in [2.45, 2.75) is 38.2 Å². The zero-order valence-corrected chi connectivity index (χ0v) is 15.8. The van der Waals surface area contributed by atoms with Gasteiger partial charge in [0, 0.05) is 12.2 Å². The van der Waals surface area contributed by atoms with Crippen LogP contribution in [0.2, 0.25) is 0 Å². The molecule has 142 valence electrons. The van der Waals surface area contributed by atoms with E-state index in [4.69, 9.17) is 4.74 Å². The monoisotopic (exact) mass is 364 g/mol. The molecular formula is C23H28N2O2. The number of hydrogen-bond donors (Lipinski definition) is 1. The van der Waals surface area contributed by atoms with Gasteiger partial charge in [-0.15, -0.1) is 0 Å².